The van der Waals surface area contributed by atoms with Crippen molar-refractivity contribution in [2.75, 3.05) is 5.73 Å². The number of hydrogen-bond acceptors (Lipinski definition) is 6. The van der Waals surface area contributed by atoms with Crippen molar-refractivity contribution in [3.8, 4) is 22.8 Å². The maximum atomic E-state index is 5.79. The van der Waals surface area contributed by atoms with E-state index in [0.29, 0.717) is 16.7 Å². The molecule has 0 aromatic carbocycles. The molecule has 0 radical (unpaired) electrons. The zero-order valence-corrected chi connectivity index (χ0v) is 9.72. The fourth-order valence-electron chi connectivity index (χ4n) is 1.34. The van der Waals surface area contributed by atoms with Gasteiger partial charge in [0.1, 0.15) is 0 Å². The van der Waals surface area contributed by atoms with E-state index in [9.17, 15) is 0 Å². The normalized spacial score (nSPS) is 10.8. The number of nitrogens with two attached hydrogens (primary N) is 1. The van der Waals surface area contributed by atoms with Crippen LogP contribution in [0.15, 0.2) is 32.8 Å². The first-order valence-corrected chi connectivity index (χ1v) is 6.36. The number of aromatic nitrogens is 2. The lowest BCUT2D eigenvalue weighted by atomic mass is 10.3. The molecule has 3 aromatic heterocycles. The second kappa shape index (κ2) is 3.73. The zero-order valence-electron chi connectivity index (χ0n) is 8.08. The summed E-state index contributed by atoms with van der Waals surface area (Å²) in [6.07, 6.45) is 0. The highest BCUT2D eigenvalue weighted by Gasteiger charge is 2.13. The summed E-state index contributed by atoms with van der Waals surface area (Å²) in [4.78, 5) is 4.31. The summed E-state index contributed by atoms with van der Waals surface area (Å²) < 4.78 is 5.18. The van der Waals surface area contributed by atoms with E-state index in [1.165, 1.54) is 11.3 Å². The van der Waals surface area contributed by atoms with Crippen molar-refractivity contribution in [1.82, 2.24) is 10.1 Å². The molecule has 80 valence electrons. The fourth-order valence-corrected chi connectivity index (χ4v) is 2.61. The third kappa shape index (κ3) is 1.52. The van der Waals surface area contributed by atoms with Crippen LogP contribution in [0.5, 0.6) is 0 Å². The number of thiophene rings is 2. The van der Waals surface area contributed by atoms with E-state index in [0.717, 1.165) is 11.1 Å². The largest absolute Gasteiger partial charge is 0.390 e. The van der Waals surface area contributed by atoms with Gasteiger partial charge in [-0.25, -0.2) is 0 Å². The van der Waals surface area contributed by atoms with Crippen molar-refractivity contribution < 1.29 is 4.52 Å². The minimum Gasteiger partial charge on any atom is -0.390 e. The highest BCUT2D eigenvalue weighted by atomic mass is 32.1. The Balaban J connectivity index is 2.03. The lowest BCUT2D eigenvalue weighted by Crippen LogP contribution is -1.83. The van der Waals surface area contributed by atoms with Gasteiger partial charge >= 0.3 is 0 Å². The predicted molar refractivity (Wildman–Crippen MR) is 65.3 cm³/mol. The molecule has 0 atom stereocenters. The fraction of sp³-hybridized carbons (Fsp3) is 0. The molecule has 3 heterocycles. The first-order chi connectivity index (χ1) is 7.84. The number of rotatable bonds is 2. The van der Waals surface area contributed by atoms with Crippen LogP contribution in [0.2, 0.25) is 0 Å². The third-order valence-corrected chi connectivity index (χ3v) is 3.56. The number of hydrogen-bond donors (Lipinski definition) is 1. The standard InChI is InChI=1S/C10H7N3OS2/c11-8-7(2-4-16-8)10-12-9(13-14-10)6-1-3-15-5-6/h1-5H,11H2. The Morgan fingerprint density at radius 2 is 2.19 bits per heavy atom. The summed E-state index contributed by atoms with van der Waals surface area (Å²) in [6, 6.07) is 3.83. The molecule has 0 saturated heterocycles. The van der Waals surface area contributed by atoms with Crippen molar-refractivity contribution in [2.45, 2.75) is 0 Å². The van der Waals surface area contributed by atoms with Gasteiger partial charge in [-0.15, -0.1) is 11.3 Å². The van der Waals surface area contributed by atoms with Crippen LogP contribution >= 0.6 is 22.7 Å². The minimum absolute atomic E-state index is 0.472. The average molecular weight is 249 g/mol. The van der Waals surface area contributed by atoms with Crippen molar-refractivity contribution in [3.05, 3.63) is 28.3 Å². The van der Waals surface area contributed by atoms with E-state index in [1.807, 2.05) is 28.3 Å². The highest BCUT2D eigenvalue weighted by molar-refractivity contribution is 7.14. The Labute approximate surface area is 99.4 Å². The van der Waals surface area contributed by atoms with Crippen LogP contribution in [-0.4, -0.2) is 10.1 Å². The number of nitrogens with zero attached hydrogens (tertiary/aromatic N) is 2. The summed E-state index contributed by atoms with van der Waals surface area (Å²) in [7, 11) is 0. The molecule has 0 aliphatic carbocycles. The lowest BCUT2D eigenvalue weighted by molar-refractivity contribution is 0.432. The number of nitrogen functional groups attached to an aromatic ring is 1. The average Bonchev–Trinajstić information content (AvgIpc) is 2.96. The molecule has 0 fully saturated rings. The maximum Gasteiger partial charge on any atom is 0.261 e. The van der Waals surface area contributed by atoms with Crippen molar-refractivity contribution in [3.63, 3.8) is 0 Å². The Morgan fingerprint density at radius 3 is 2.88 bits per heavy atom. The van der Waals surface area contributed by atoms with Gasteiger partial charge in [-0.05, 0) is 22.9 Å². The van der Waals surface area contributed by atoms with Crippen LogP contribution in [0.4, 0.5) is 5.00 Å². The SMILES string of the molecule is Nc1sccc1-c1nc(-c2ccsc2)no1. The van der Waals surface area contributed by atoms with Crippen molar-refractivity contribution in [2.24, 2.45) is 0 Å². The smallest absolute Gasteiger partial charge is 0.261 e. The van der Waals surface area contributed by atoms with Crippen LogP contribution in [-0.2, 0) is 0 Å². The molecule has 3 rings (SSSR count). The van der Waals surface area contributed by atoms with Gasteiger partial charge in [0, 0.05) is 10.9 Å². The molecule has 0 unspecified atom stereocenters. The summed E-state index contributed by atoms with van der Waals surface area (Å²) in [5.41, 5.74) is 7.56. The quantitative estimate of drug-likeness (QED) is 0.758. The number of anilines is 1. The highest BCUT2D eigenvalue weighted by Crippen LogP contribution is 2.30. The van der Waals surface area contributed by atoms with E-state index in [1.54, 1.807) is 11.3 Å². The third-order valence-electron chi connectivity index (χ3n) is 2.13. The van der Waals surface area contributed by atoms with Gasteiger partial charge < -0.3 is 10.3 Å². The Hall–Kier alpha value is -1.66. The van der Waals surface area contributed by atoms with Crippen LogP contribution in [0.25, 0.3) is 22.8 Å². The predicted octanol–water partition coefficient (Wildman–Crippen LogP) is 3.11. The molecule has 0 saturated carbocycles. The molecule has 6 heteroatoms. The second-order valence-electron chi connectivity index (χ2n) is 3.13. The van der Waals surface area contributed by atoms with Gasteiger partial charge in [-0.2, -0.15) is 16.3 Å². The van der Waals surface area contributed by atoms with Crippen LogP contribution in [0, 0.1) is 0 Å². The first-order valence-electron chi connectivity index (χ1n) is 4.54. The zero-order chi connectivity index (χ0) is 11.0. The van der Waals surface area contributed by atoms with Crippen LogP contribution in [0.1, 0.15) is 0 Å². The van der Waals surface area contributed by atoms with Gasteiger partial charge in [0.2, 0.25) is 5.82 Å². The summed E-state index contributed by atoms with van der Waals surface area (Å²) in [6.45, 7) is 0. The van der Waals surface area contributed by atoms with Gasteiger partial charge in [-0.1, -0.05) is 5.16 Å². The topological polar surface area (TPSA) is 64.9 Å². The van der Waals surface area contributed by atoms with E-state index in [-0.39, 0.29) is 0 Å². The van der Waals surface area contributed by atoms with Gasteiger partial charge in [-0.3, -0.25) is 0 Å². The second-order valence-corrected chi connectivity index (χ2v) is 4.86. The molecule has 0 aliphatic rings. The first kappa shape index (κ1) is 9.56. The van der Waals surface area contributed by atoms with Gasteiger partial charge in [0.25, 0.3) is 5.89 Å². The van der Waals surface area contributed by atoms with E-state index in [4.69, 9.17) is 10.3 Å². The maximum absolute atomic E-state index is 5.79. The molecule has 0 amide bonds. The molecule has 4 nitrogen and oxygen atoms in total. The molecule has 16 heavy (non-hydrogen) atoms. The molecule has 2 N–H and O–H groups in total. The van der Waals surface area contributed by atoms with E-state index < -0.39 is 0 Å². The molecular formula is C10H7N3OS2. The van der Waals surface area contributed by atoms with Crippen molar-refractivity contribution in [1.29, 1.82) is 0 Å². The Kier molecular flexibility index (Phi) is 2.23. The van der Waals surface area contributed by atoms with Crippen LogP contribution < -0.4 is 5.73 Å². The summed E-state index contributed by atoms with van der Waals surface area (Å²) in [5, 5.41) is 10.5. The minimum atomic E-state index is 0.472. The van der Waals surface area contributed by atoms with Crippen LogP contribution in [0.3, 0.4) is 0 Å². The Bertz CT molecular complexity index is 597. The molecule has 0 bridgehead atoms. The summed E-state index contributed by atoms with van der Waals surface area (Å²) >= 11 is 3.06. The molecule has 0 aliphatic heterocycles. The monoisotopic (exact) mass is 249 g/mol. The molecular weight excluding hydrogens is 242 g/mol. The van der Waals surface area contributed by atoms with E-state index >= 15 is 0 Å². The van der Waals surface area contributed by atoms with Crippen molar-refractivity contribution >= 4 is 27.7 Å². The molecule has 0 spiro atoms. The summed E-state index contributed by atoms with van der Waals surface area (Å²) in [5.74, 6) is 1.07. The molecule has 3 aromatic rings. The Morgan fingerprint density at radius 1 is 1.25 bits per heavy atom. The lowest BCUT2D eigenvalue weighted by Gasteiger charge is -1.88. The van der Waals surface area contributed by atoms with E-state index in [2.05, 4.69) is 10.1 Å². The van der Waals surface area contributed by atoms with Gasteiger partial charge in [0.05, 0.1) is 10.6 Å². The van der Waals surface area contributed by atoms with Gasteiger partial charge in [0.15, 0.2) is 0 Å².